The van der Waals surface area contributed by atoms with Gasteiger partial charge in [0.1, 0.15) is 12.2 Å². The molecule has 2 fully saturated rings. The predicted molar refractivity (Wildman–Crippen MR) is 137 cm³/mol. The van der Waals surface area contributed by atoms with Gasteiger partial charge in [0.2, 0.25) is 11.8 Å². The number of likely N-dealkylation sites (N-methyl/N-ethyl adjacent to an activating group) is 1. The van der Waals surface area contributed by atoms with Gasteiger partial charge in [-0.1, -0.05) is 60.2 Å². The number of hydrogen-bond donors (Lipinski definition) is 2. The summed E-state index contributed by atoms with van der Waals surface area (Å²) in [4.78, 5) is 54.0. The molecule has 2 aliphatic heterocycles. The van der Waals surface area contributed by atoms with Crippen molar-refractivity contribution >= 4 is 23.8 Å². The molecule has 4 amide bonds. The van der Waals surface area contributed by atoms with Gasteiger partial charge in [-0.3, -0.25) is 14.4 Å². The number of hydrogen-bond acceptors (Lipinski definition) is 6. The molecule has 2 aliphatic rings. The van der Waals surface area contributed by atoms with Crippen LogP contribution in [0.4, 0.5) is 4.79 Å². The zero-order chi connectivity index (χ0) is 27.2. The molecule has 4 rings (SSSR count). The number of piperazine rings is 1. The average molecular weight is 524 g/mol. The number of aryl methyl sites for hydroxylation is 1. The monoisotopic (exact) mass is 523 g/mol. The highest BCUT2D eigenvalue weighted by Gasteiger charge is 2.51. The first kappa shape index (κ1) is 27.1. The maximum absolute atomic E-state index is 13.3. The van der Waals surface area contributed by atoms with Crippen molar-refractivity contribution in [2.75, 3.05) is 33.3 Å². The number of amides is 4. The summed E-state index contributed by atoms with van der Waals surface area (Å²) >= 11 is 0. The van der Waals surface area contributed by atoms with Gasteiger partial charge in [-0.2, -0.15) is 0 Å². The topological polar surface area (TPSA) is 123 Å². The molecule has 2 N–H and O–H groups in total. The maximum Gasteiger partial charge on any atom is 0.334 e. The van der Waals surface area contributed by atoms with Crippen molar-refractivity contribution in [3.8, 4) is 0 Å². The van der Waals surface area contributed by atoms with Crippen molar-refractivity contribution in [1.29, 1.82) is 0 Å². The van der Waals surface area contributed by atoms with Gasteiger partial charge in [0.05, 0.1) is 32.7 Å². The fourth-order valence-corrected chi connectivity index (χ4v) is 4.78. The van der Waals surface area contributed by atoms with E-state index in [-0.39, 0.29) is 32.8 Å². The molecular formula is C27H33N5O6. The number of carbonyl (C=O) groups excluding carboxylic acids is 3. The Hall–Kier alpha value is -3.96. The van der Waals surface area contributed by atoms with Gasteiger partial charge in [0.15, 0.2) is 0 Å². The van der Waals surface area contributed by atoms with Crippen molar-refractivity contribution in [1.82, 2.24) is 25.1 Å². The maximum atomic E-state index is 13.3. The second-order valence-corrected chi connectivity index (χ2v) is 9.52. The molecule has 0 unspecified atom stereocenters. The van der Waals surface area contributed by atoms with Crippen LogP contribution in [0.5, 0.6) is 0 Å². The highest BCUT2D eigenvalue weighted by Crippen LogP contribution is 2.27. The summed E-state index contributed by atoms with van der Waals surface area (Å²) in [6, 6.07) is 15.7. The molecule has 0 aromatic heterocycles. The van der Waals surface area contributed by atoms with Crippen molar-refractivity contribution in [3.05, 3.63) is 71.3 Å². The number of aliphatic carboxylic acids is 1. The number of nitrogens with zero attached hydrogens (tertiary/aromatic N) is 4. The van der Waals surface area contributed by atoms with Crippen LogP contribution >= 0.6 is 0 Å². The zero-order valence-electron chi connectivity index (χ0n) is 21.6. The third-order valence-corrected chi connectivity index (χ3v) is 6.70. The molecule has 0 bridgehead atoms. The van der Waals surface area contributed by atoms with E-state index in [4.69, 9.17) is 4.74 Å². The Morgan fingerprint density at radius 3 is 2.45 bits per heavy atom. The van der Waals surface area contributed by atoms with E-state index in [2.05, 4.69) is 5.32 Å². The number of benzene rings is 2. The lowest BCUT2D eigenvalue weighted by Crippen LogP contribution is -2.76. The highest BCUT2D eigenvalue weighted by atomic mass is 16.5. The summed E-state index contributed by atoms with van der Waals surface area (Å²) < 4.78 is 5.77. The first-order chi connectivity index (χ1) is 18.2. The van der Waals surface area contributed by atoms with Gasteiger partial charge in [-0.05, 0) is 18.1 Å². The van der Waals surface area contributed by atoms with Crippen LogP contribution in [0.2, 0.25) is 0 Å². The first-order valence-corrected chi connectivity index (χ1v) is 12.5. The van der Waals surface area contributed by atoms with Crippen LogP contribution in [0.3, 0.4) is 0 Å². The number of carboxylic acids is 1. The summed E-state index contributed by atoms with van der Waals surface area (Å²) in [5, 5.41) is 15.3. The zero-order valence-corrected chi connectivity index (χ0v) is 21.6. The molecule has 2 atom stereocenters. The molecule has 0 saturated carbocycles. The van der Waals surface area contributed by atoms with Crippen molar-refractivity contribution < 1.29 is 29.0 Å². The van der Waals surface area contributed by atoms with E-state index in [1.54, 1.807) is 7.05 Å². The second-order valence-electron chi connectivity index (χ2n) is 9.52. The smallest absolute Gasteiger partial charge is 0.334 e. The molecule has 2 aromatic rings. The fourth-order valence-electron chi connectivity index (χ4n) is 4.78. The second kappa shape index (κ2) is 12.1. The Morgan fingerprint density at radius 2 is 1.76 bits per heavy atom. The number of fused-ring (bicyclic) bond motifs is 1. The molecule has 2 saturated heterocycles. The van der Waals surface area contributed by atoms with Gasteiger partial charge in [-0.25, -0.2) is 14.8 Å². The minimum Gasteiger partial charge on any atom is -0.481 e. The lowest BCUT2D eigenvalue weighted by molar-refractivity contribution is -0.189. The normalized spacial score (nSPS) is 19.9. The minimum absolute atomic E-state index is 0.0394. The van der Waals surface area contributed by atoms with Gasteiger partial charge in [0, 0.05) is 20.1 Å². The number of ether oxygens (including phenoxy) is 1. The number of carboxylic acid groups (broad SMARTS) is 1. The molecule has 11 heteroatoms. The van der Waals surface area contributed by atoms with E-state index >= 15 is 0 Å². The lowest BCUT2D eigenvalue weighted by Gasteiger charge is -2.54. The minimum atomic E-state index is -1.21. The SMILES string of the molecule is Cc1ccc(COCCN2C[C@H]3N(C(=O)CN(C)N3C(=O)NCc3ccccc3)[C@@H](CC(=O)O)C2=O)cc1. The molecular weight excluding hydrogens is 490 g/mol. The quantitative estimate of drug-likeness (QED) is 0.477. The van der Waals surface area contributed by atoms with E-state index in [0.717, 1.165) is 16.7 Å². The Balaban J connectivity index is 1.48. The van der Waals surface area contributed by atoms with Crippen LogP contribution in [-0.4, -0.2) is 94.2 Å². The summed E-state index contributed by atoms with van der Waals surface area (Å²) in [5.74, 6) is -2.07. The Kier molecular flexibility index (Phi) is 8.59. The predicted octanol–water partition coefficient (Wildman–Crippen LogP) is 1.42. The molecule has 0 spiro atoms. The van der Waals surface area contributed by atoms with Crippen LogP contribution in [0.25, 0.3) is 0 Å². The van der Waals surface area contributed by atoms with Crippen LogP contribution in [0.1, 0.15) is 23.1 Å². The number of hydrazine groups is 1. The standard InChI is InChI=1S/C27H33N5O6/c1-19-8-10-21(11-9-19)18-38-13-12-30-16-23-31(22(26(30)36)14-25(34)35)24(33)17-29(2)32(23)27(37)28-15-20-6-4-3-5-7-20/h3-11,22-23H,12-18H2,1-2H3,(H,28,37)(H,34,35)/t22-,23-/m0/s1. The molecule has 202 valence electrons. The van der Waals surface area contributed by atoms with E-state index in [1.807, 2.05) is 61.5 Å². The van der Waals surface area contributed by atoms with Gasteiger partial charge >= 0.3 is 12.0 Å². The van der Waals surface area contributed by atoms with E-state index in [0.29, 0.717) is 6.61 Å². The van der Waals surface area contributed by atoms with Crippen LogP contribution in [-0.2, 0) is 32.3 Å². The Morgan fingerprint density at radius 1 is 1.05 bits per heavy atom. The lowest BCUT2D eigenvalue weighted by atomic mass is 10.0. The number of urea groups is 1. The number of carbonyl (C=O) groups is 4. The van der Waals surface area contributed by atoms with E-state index in [1.165, 1.54) is 19.8 Å². The first-order valence-electron chi connectivity index (χ1n) is 12.5. The third kappa shape index (κ3) is 6.29. The molecule has 38 heavy (non-hydrogen) atoms. The number of nitrogens with one attached hydrogen (secondary N) is 1. The van der Waals surface area contributed by atoms with Crippen molar-refractivity contribution in [2.24, 2.45) is 0 Å². The molecule has 0 radical (unpaired) electrons. The van der Waals surface area contributed by atoms with Crippen molar-refractivity contribution in [2.45, 2.75) is 38.7 Å². The van der Waals surface area contributed by atoms with Gasteiger partial charge in [0.25, 0.3) is 0 Å². The molecule has 11 nitrogen and oxygen atoms in total. The Bertz CT molecular complexity index is 1160. The molecule has 2 aromatic carbocycles. The van der Waals surface area contributed by atoms with Crippen LogP contribution < -0.4 is 5.32 Å². The van der Waals surface area contributed by atoms with Gasteiger partial charge in [-0.15, -0.1) is 0 Å². The summed E-state index contributed by atoms with van der Waals surface area (Å²) in [5.41, 5.74) is 3.05. The van der Waals surface area contributed by atoms with Crippen LogP contribution in [0, 0.1) is 6.92 Å². The highest BCUT2D eigenvalue weighted by molar-refractivity contribution is 5.93. The number of rotatable bonds is 9. The van der Waals surface area contributed by atoms with Crippen LogP contribution in [0.15, 0.2) is 54.6 Å². The molecule has 2 heterocycles. The van der Waals surface area contributed by atoms with Gasteiger partial charge < -0.3 is 25.0 Å². The van der Waals surface area contributed by atoms with Crippen molar-refractivity contribution in [3.63, 3.8) is 0 Å². The Labute approximate surface area is 221 Å². The van der Waals surface area contributed by atoms with E-state index in [9.17, 15) is 24.3 Å². The molecule has 0 aliphatic carbocycles. The summed E-state index contributed by atoms with van der Waals surface area (Å²) in [6.07, 6.45) is -1.40. The summed E-state index contributed by atoms with van der Waals surface area (Å²) in [7, 11) is 1.62. The summed E-state index contributed by atoms with van der Waals surface area (Å²) in [6.45, 7) is 2.95. The fraction of sp³-hybridized carbons (Fsp3) is 0.407. The third-order valence-electron chi connectivity index (χ3n) is 6.70. The average Bonchev–Trinajstić information content (AvgIpc) is 2.88. The largest absolute Gasteiger partial charge is 0.481 e. The van der Waals surface area contributed by atoms with E-state index < -0.39 is 42.4 Å².